The van der Waals surface area contributed by atoms with Crippen LogP contribution in [-0.4, -0.2) is 42.9 Å². The summed E-state index contributed by atoms with van der Waals surface area (Å²) >= 11 is 0. The zero-order valence-corrected chi connectivity index (χ0v) is 15.5. The molecule has 1 aliphatic carbocycles. The van der Waals surface area contributed by atoms with Crippen LogP contribution < -0.4 is 9.47 Å². The lowest BCUT2D eigenvalue weighted by Crippen LogP contribution is -2.44. The molecule has 24 heavy (non-hydrogen) atoms. The molecule has 0 unspecified atom stereocenters. The number of rotatable bonds is 5. The van der Waals surface area contributed by atoms with Crippen molar-refractivity contribution in [3.05, 3.63) is 23.3 Å². The van der Waals surface area contributed by atoms with Crippen LogP contribution in [0.5, 0.6) is 11.5 Å². The second kappa shape index (κ2) is 6.93. The molecule has 4 heteroatoms. The van der Waals surface area contributed by atoms with Gasteiger partial charge in [-0.05, 0) is 43.7 Å². The van der Waals surface area contributed by atoms with Gasteiger partial charge in [0.1, 0.15) is 0 Å². The Labute approximate surface area is 145 Å². The fourth-order valence-electron chi connectivity index (χ4n) is 4.84. The number of aryl methyl sites for hydroxylation is 1. The molecule has 1 aromatic rings. The normalized spacial score (nSPS) is 30.2. The molecule has 0 spiro atoms. The molecule has 1 saturated carbocycles. The minimum absolute atomic E-state index is 0.411. The Bertz CT molecular complexity index is 588. The average Bonchev–Trinajstić information content (AvgIpc) is 2.98. The molecule has 2 aliphatic rings. The lowest BCUT2D eigenvalue weighted by molar-refractivity contribution is -0.0613. The van der Waals surface area contributed by atoms with Gasteiger partial charge >= 0.3 is 0 Å². The van der Waals surface area contributed by atoms with Crippen LogP contribution in [0.2, 0.25) is 0 Å². The van der Waals surface area contributed by atoms with E-state index in [2.05, 4.69) is 24.8 Å². The van der Waals surface area contributed by atoms with Gasteiger partial charge in [-0.15, -0.1) is 0 Å². The van der Waals surface area contributed by atoms with Crippen LogP contribution in [0, 0.1) is 18.8 Å². The maximum Gasteiger partial charge on any atom is 0.165 e. The van der Waals surface area contributed by atoms with Gasteiger partial charge < -0.3 is 14.6 Å². The van der Waals surface area contributed by atoms with Crippen LogP contribution in [0.15, 0.2) is 12.1 Å². The first kappa shape index (κ1) is 17.6. The SMILES string of the molecule is CC[C@]1(O)CCC[C@H]2CN(Cc3cc(C)cc(OC)c3OC)C[C@H]21. The number of methoxy groups -OCH3 is 2. The highest BCUT2D eigenvalue weighted by Gasteiger charge is 2.47. The molecule has 0 aromatic heterocycles. The van der Waals surface area contributed by atoms with Gasteiger partial charge in [-0.3, -0.25) is 4.90 Å². The molecule has 134 valence electrons. The fraction of sp³-hybridized carbons (Fsp3) is 0.700. The quantitative estimate of drug-likeness (QED) is 0.897. The summed E-state index contributed by atoms with van der Waals surface area (Å²) in [6, 6.07) is 4.21. The molecule has 3 atom stereocenters. The van der Waals surface area contributed by atoms with Crippen LogP contribution in [-0.2, 0) is 6.54 Å². The Kier molecular flexibility index (Phi) is 5.07. The Morgan fingerprint density at radius 2 is 2.04 bits per heavy atom. The van der Waals surface area contributed by atoms with Gasteiger partial charge in [0.2, 0.25) is 0 Å². The van der Waals surface area contributed by atoms with E-state index < -0.39 is 5.60 Å². The van der Waals surface area contributed by atoms with Crippen molar-refractivity contribution in [3.8, 4) is 11.5 Å². The first-order chi connectivity index (χ1) is 11.5. The molecule has 2 fully saturated rings. The molecule has 0 bridgehead atoms. The number of hydrogen-bond donors (Lipinski definition) is 1. The highest BCUT2D eigenvalue weighted by molar-refractivity contribution is 5.49. The third-order valence-electron chi connectivity index (χ3n) is 6.10. The molecule has 1 aliphatic heterocycles. The predicted molar refractivity (Wildman–Crippen MR) is 95.6 cm³/mol. The first-order valence-corrected chi connectivity index (χ1v) is 9.17. The van der Waals surface area contributed by atoms with Gasteiger partial charge in [0.25, 0.3) is 0 Å². The van der Waals surface area contributed by atoms with Gasteiger partial charge in [0.15, 0.2) is 11.5 Å². The van der Waals surface area contributed by atoms with Crippen molar-refractivity contribution in [2.24, 2.45) is 11.8 Å². The molecule has 1 saturated heterocycles. The molecule has 4 nitrogen and oxygen atoms in total. The van der Waals surface area contributed by atoms with E-state index in [1.165, 1.54) is 17.5 Å². The number of nitrogens with zero attached hydrogens (tertiary/aromatic N) is 1. The zero-order valence-electron chi connectivity index (χ0n) is 15.5. The Morgan fingerprint density at radius 3 is 2.71 bits per heavy atom. The standard InChI is InChI=1S/C20H31NO3/c1-5-20(22)8-6-7-15-11-21(13-17(15)20)12-16-9-14(2)10-18(23-3)19(16)24-4/h9-10,15,17,22H,5-8,11-13H2,1-4H3/t15-,17+,20-/m0/s1. The number of aliphatic hydroxyl groups is 1. The maximum atomic E-state index is 11.0. The third kappa shape index (κ3) is 3.14. The lowest BCUT2D eigenvalue weighted by atomic mass is 9.69. The summed E-state index contributed by atoms with van der Waals surface area (Å²) in [5, 5.41) is 11.0. The third-order valence-corrected chi connectivity index (χ3v) is 6.10. The van der Waals surface area contributed by atoms with Crippen molar-refractivity contribution in [1.29, 1.82) is 0 Å². The topological polar surface area (TPSA) is 41.9 Å². The zero-order chi connectivity index (χ0) is 17.3. The van der Waals surface area contributed by atoms with Crippen molar-refractivity contribution < 1.29 is 14.6 Å². The van der Waals surface area contributed by atoms with E-state index in [1.54, 1.807) is 14.2 Å². The van der Waals surface area contributed by atoms with Gasteiger partial charge in [0.05, 0.1) is 19.8 Å². The molecule has 3 rings (SSSR count). The van der Waals surface area contributed by atoms with Crippen LogP contribution in [0.1, 0.15) is 43.7 Å². The molecule has 0 radical (unpaired) electrons. The Balaban J connectivity index is 1.80. The number of ether oxygens (including phenoxy) is 2. The van der Waals surface area contributed by atoms with Gasteiger partial charge in [-0.1, -0.05) is 19.4 Å². The lowest BCUT2D eigenvalue weighted by Gasteiger charge is -2.40. The number of fused-ring (bicyclic) bond motifs is 1. The molecular weight excluding hydrogens is 302 g/mol. The van der Waals surface area contributed by atoms with Crippen LogP contribution in [0.4, 0.5) is 0 Å². The first-order valence-electron chi connectivity index (χ1n) is 9.17. The van der Waals surface area contributed by atoms with Crippen molar-refractivity contribution in [3.63, 3.8) is 0 Å². The van der Waals surface area contributed by atoms with Crippen LogP contribution >= 0.6 is 0 Å². The minimum atomic E-state index is -0.466. The predicted octanol–water partition coefficient (Wildman–Crippen LogP) is 3.39. The van der Waals surface area contributed by atoms with E-state index in [0.29, 0.717) is 11.8 Å². The largest absolute Gasteiger partial charge is 0.493 e. The van der Waals surface area contributed by atoms with Crippen molar-refractivity contribution in [2.75, 3.05) is 27.3 Å². The molecule has 1 N–H and O–H groups in total. The maximum absolute atomic E-state index is 11.0. The monoisotopic (exact) mass is 333 g/mol. The number of hydrogen-bond acceptors (Lipinski definition) is 4. The van der Waals surface area contributed by atoms with Crippen molar-refractivity contribution >= 4 is 0 Å². The van der Waals surface area contributed by atoms with Gasteiger partial charge in [-0.2, -0.15) is 0 Å². The van der Waals surface area contributed by atoms with Gasteiger partial charge in [0, 0.05) is 31.1 Å². The van der Waals surface area contributed by atoms with E-state index in [9.17, 15) is 5.11 Å². The molecule has 1 heterocycles. The second-order valence-corrected chi connectivity index (χ2v) is 7.57. The van der Waals surface area contributed by atoms with E-state index >= 15 is 0 Å². The highest BCUT2D eigenvalue weighted by atomic mass is 16.5. The summed E-state index contributed by atoms with van der Waals surface area (Å²) in [5.74, 6) is 2.67. The second-order valence-electron chi connectivity index (χ2n) is 7.57. The summed E-state index contributed by atoms with van der Waals surface area (Å²) in [6.45, 7) is 7.12. The summed E-state index contributed by atoms with van der Waals surface area (Å²) < 4.78 is 11.1. The molecular formula is C20H31NO3. The smallest absolute Gasteiger partial charge is 0.165 e. The van der Waals surface area contributed by atoms with E-state index in [0.717, 1.165) is 50.4 Å². The number of benzene rings is 1. The van der Waals surface area contributed by atoms with Crippen molar-refractivity contribution in [2.45, 2.75) is 51.7 Å². The minimum Gasteiger partial charge on any atom is -0.493 e. The van der Waals surface area contributed by atoms with E-state index in [-0.39, 0.29) is 0 Å². The number of likely N-dealkylation sites (tertiary alicyclic amines) is 1. The average molecular weight is 333 g/mol. The molecule has 1 aromatic carbocycles. The summed E-state index contributed by atoms with van der Waals surface area (Å²) in [4.78, 5) is 2.48. The Hall–Kier alpha value is -1.26. The Morgan fingerprint density at radius 1 is 1.25 bits per heavy atom. The van der Waals surface area contributed by atoms with Crippen LogP contribution in [0.25, 0.3) is 0 Å². The van der Waals surface area contributed by atoms with Crippen LogP contribution in [0.3, 0.4) is 0 Å². The van der Waals surface area contributed by atoms with Crippen molar-refractivity contribution in [1.82, 2.24) is 4.90 Å². The fourth-order valence-corrected chi connectivity index (χ4v) is 4.84. The highest BCUT2D eigenvalue weighted by Crippen LogP contribution is 2.45. The van der Waals surface area contributed by atoms with Gasteiger partial charge in [-0.25, -0.2) is 0 Å². The molecule has 0 amide bonds. The summed E-state index contributed by atoms with van der Waals surface area (Å²) in [5.41, 5.74) is 1.89. The summed E-state index contributed by atoms with van der Waals surface area (Å²) in [6.07, 6.45) is 4.22. The van der Waals surface area contributed by atoms with E-state index in [4.69, 9.17) is 9.47 Å². The van der Waals surface area contributed by atoms with E-state index in [1.807, 2.05) is 6.07 Å². The summed E-state index contributed by atoms with van der Waals surface area (Å²) in [7, 11) is 3.39.